The Morgan fingerprint density at radius 3 is 2.63 bits per heavy atom. The zero-order chi connectivity index (χ0) is 20.8. The van der Waals surface area contributed by atoms with E-state index in [4.69, 9.17) is 4.74 Å². The van der Waals surface area contributed by atoms with Crippen LogP contribution in [0.15, 0.2) is 85.2 Å². The van der Waals surface area contributed by atoms with Crippen LogP contribution in [0.25, 0.3) is 5.65 Å². The Kier molecular flexibility index (Phi) is 6.09. The Bertz CT molecular complexity index is 1120. The summed E-state index contributed by atoms with van der Waals surface area (Å²) in [5.74, 6) is 0.605. The third-order valence-corrected chi connectivity index (χ3v) is 5.29. The Labute approximate surface area is 176 Å². The van der Waals surface area contributed by atoms with Gasteiger partial charge < -0.3 is 14.5 Å². The van der Waals surface area contributed by atoms with Gasteiger partial charge in [0.2, 0.25) is 5.91 Å². The second-order valence-corrected chi connectivity index (χ2v) is 7.20. The zero-order valence-corrected chi connectivity index (χ0v) is 17.0. The molecule has 30 heavy (non-hydrogen) atoms. The maximum Gasteiger partial charge on any atom is 0.221 e. The summed E-state index contributed by atoms with van der Waals surface area (Å²) in [5, 5.41) is 3.07. The molecule has 0 fully saturated rings. The largest absolute Gasteiger partial charge is 0.496 e. The first-order valence-electron chi connectivity index (χ1n) is 10.1. The van der Waals surface area contributed by atoms with Gasteiger partial charge in [0, 0.05) is 36.8 Å². The van der Waals surface area contributed by atoms with E-state index in [0.29, 0.717) is 13.0 Å². The molecule has 5 nitrogen and oxygen atoms in total. The summed E-state index contributed by atoms with van der Waals surface area (Å²) in [5.41, 5.74) is 4.01. The summed E-state index contributed by atoms with van der Waals surface area (Å²) < 4.78 is 7.63. The molecule has 0 radical (unpaired) electrons. The topological polar surface area (TPSA) is 55.6 Å². The molecule has 0 aliphatic rings. The number of rotatable bonds is 8. The Morgan fingerprint density at radius 2 is 1.80 bits per heavy atom. The fourth-order valence-corrected chi connectivity index (χ4v) is 3.79. The first-order chi connectivity index (χ1) is 14.8. The molecular weight excluding hydrogens is 374 g/mol. The SMILES string of the molecule is COc1ccccc1C(CC(=O)NCCc1ccccc1)c1cnc2ccccn12. The highest BCUT2D eigenvalue weighted by Crippen LogP contribution is 2.34. The molecule has 0 saturated heterocycles. The number of fused-ring (bicyclic) bond motifs is 1. The van der Waals surface area contributed by atoms with E-state index < -0.39 is 0 Å². The first-order valence-corrected chi connectivity index (χ1v) is 10.1. The molecule has 0 bridgehead atoms. The van der Waals surface area contributed by atoms with Crippen LogP contribution in [0.1, 0.15) is 29.2 Å². The molecule has 5 heteroatoms. The molecule has 0 spiro atoms. The number of amides is 1. The molecule has 1 amide bonds. The highest BCUT2D eigenvalue weighted by molar-refractivity contribution is 5.77. The number of nitrogens with one attached hydrogen (secondary N) is 1. The van der Waals surface area contributed by atoms with Crippen LogP contribution in [0.4, 0.5) is 0 Å². The number of hydrogen-bond acceptors (Lipinski definition) is 3. The standard InChI is InChI=1S/C25H25N3O2/c1-30-23-12-6-5-11-20(23)21(22-18-27-24-13-7-8-16-28(22)24)17-25(29)26-15-14-19-9-3-2-4-10-19/h2-13,16,18,21H,14-15,17H2,1H3,(H,26,29). The van der Waals surface area contributed by atoms with Gasteiger partial charge in [0.1, 0.15) is 11.4 Å². The van der Waals surface area contributed by atoms with Crippen molar-refractivity contribution in [3.05, 3.63) is 102 Å². The second kappa shape index (κ2) is 9.27. The Morgan fingerprint density at radius 1 is 1.03 bits per heavy atom. The quantitative estimate of drug-likeness (QED) is 0.483. The summed E-state index contributed by atoms with van der Waals surface area (Å²) in [7, 11) is 1.66. The van der Waals surface area contributed by atoms with Crippen molar-refractivity contribution < 1.29 is 9.53 Å². The average Bonchev–Trinajstić information content (AvgIpc) is 3.22. The monoisotopic (exact) mass is 399 g/mol. The number of pyridine rings is 1. The van der Waals surface area contributed by atoms with Gasteiger partial charge in [0.25, 0.3) is 0 Å². The van der Waals surface area contributed by atoms with Crippen LogP contribution in [0, 0.1) is 0 Å². The average molecular weight is 399 g/mol. The van der Waals surface area contributed by atoms with Gasteiger partial charge in [-0.2, -0.15) is 0 Å². The van der Waals surface area contributed by atoms with Crippen molar-refractivity contribution in [1.82, 2.24) is 14.7 Å². The number of methoxy groups -OCH3 is 1. The van der Waals surface area contributed by atoms with Gasteiger partial charge in [0.05, 0.1) is 12.8 Å². The van der Waals surface area contributed by atoms with Crippen molar-refractivity contribution in [1.29, 1.82) is 0 Å². The second-order valence-electron chi connectivity index (χ2n) is 7.20. The molecule has 4 aromatic rings. The third-order valence-electron chi connectivity index (χ3n) is 5.29. The van der Waals surface area contributed by atoms with Gasteiger partial charge in [-0.3, -0.25) is 4.79 Å². The van der Waals surface area contributed by atoms with Gasteiger partial charge >= 0.3 is 0 Å². The molecule has 0 saturated carbocycles. The summed E-state index contributed by atoms with van der Waals surface area (Å²) in [6.45, 7) is 0.606. The molecule has 2 heterocycles. The molecule has 152 valence electrons. The van der Waals surface area contributed by atoms with Gasteiger partial charge in [0.15, 0.2) is 0 Å². The van der Waals surface area contributed by atoms with E-state index in [1.807, 2.05) is 77.5 Å². The van der Waals surface area contributed by atoms with E-state index in [0.717, 1.165) is 29.1 Å². The molecule has 4 rings (SSSR count). The van der Waals surface area contributed by atoms with Crippen molar-refractivity contribution in [2.24, 2.45) is 0 Å². The van der Waals surface area contributed by atoms with Crippen molar-refractivity contribution in [3.63, 3.8) is 0 Å². The number of ether oxygens (including phenoxy) is 1. The summed E-state index contributed by atoms with van der Waals surface area (Å²) >= 11 is 0. The fourth-order valence-electron chi connectivity index (χ4n) is 3.79. The van der Waals surface area contributed by atoms with E-state index >= 15 is 0 Å². The predicted octanol–water partition coefficient (Wildman–Crippen LogP) is 4.22. The molecule has 1 unspecified atom stereocenters. The maximum atomic E-state index is 12.9. The molecule has 0 aliphatic carbocycles. The summed E-state index contributed by atoms with van der Waals surface area (Å²) in [6, 6.07) is 23.9. The number of aromatic nitrogens is 2. The maximum absolute atomic E-state index is 12.9. The highest BCUT2D eigenvalue weighted by atomic mass is 16.5. The minimum Gasteiger partial charge on any atom is -0.496 e. The van der Waals surface area contributed by atoms with E-state index in [1.165, 1.54) is 5.56 Å². The minimum absolute atomic E-state index is 0.00715. The molecular formula is C25H25N3O2. The molecule has 0 aliphatic heterocycles. The van der Waals surface area contributed by atoms with Gasteiger partial charge in [-0.15, -0.1) is 0 Å². The van der Waals surface area contributed by atoms with E-state index in [-0.39, 0.29) is 11.8 Å². The number of benzene rings is 2. The normalized spacial score (nSPS) is 11.9. The van der Waals surface area contributed by atoms with Crippen LogP contribution in [-0.2, 0) is 11.2 Å². The van der Waals surface area contributed by atoms with Crippen molar-refractivity contribution in [3.8, 4) is 5.75 Å². The van der Waals surface area contributed by atoms with Gasteiger partial charge in [-0.25, -0.2) is 4.98 Å². The third kappa shape index (κ3) is 4.35. The predicted molar refractivity (Wildman–Crippen MR) is 118 cm³/mol. The Balaban J connectivity index is 1.57. The molecule has 2 aromatic carbocycles. The van der Waals surface area contributed by atoms with E-state index in [1.54, 1.807) is 7.11 Å². The van der Waals surface area contributed by atoms with E-state index in [9.17, 15) is 4.79 Å². The number of nitrogens with zero attached hydrogens (tertiary/aromatic N) is 2. The number of para-hydroxylation sites is 1. The van der Waals surface area contributed by atoms with Gasteiger partial charge in [-0.05, 0) is 30.2 Å². The number of imidazole rings is 1. The van der Waals surface area contributed by atoms with Crippen molar-refractivity contribution in [2.45, 2.75) is 18.8 Å². The summed E-state index contributed by atoms with van der Waals surface area (Å²) in [4.78, 5) is 17.4. The number of carbonyl (C=O) groups is 1. The van der Waals surface area contributed by atoms with Crippen LogP contribution in [0.3, 0.4) is 0 Å². The van der Waals surface area contributed by atoms with Crippen LogP contribution >= 0.6 is 0 Å². The van der Waals surface area contributed by atoms with Crippen LogP contribution in [0.5, 0.6) is 5.75 Å². The fraction of sp³-hybridized carbons (Fsp3) is 0.200. The lowest BCUT2D eigenvalue weighted by atomic mass is 9.91. The van der Waals surface area contributed by atoms with E-state index in [2.05, 4.69) is 22.4 Å². The zero-order valence-electron chi connectivity index (χ0n) is 17.0. The summed E-state index contributed by atoms with van der Waals surface area (Å²) in [6.07, 6.45) is 4.95. The van der Waals surface area contributed by atoms with Crippen molar-refractivity contribution in [2.75, 3.05) is 13.7 Å². The van der Waals surface area contributed by atoms with Crippen molar-refractivity contribution >= 4 is 11.6 Å². The highest BCUT2D eigenvalue weighted by Gasteiger charge is 2.24. The minimum atomic E-state index is -0.171. The van der Waals surface area contributed by atoms with Crippen LogP contribution in [0.2, 0.25) is 0 Å². The smallest absolute Gasteiger partial charge is 0.221 e. The first kappa shape index (κ1) is 19.7. The molecule has 1 atom stereocenters. The number of hydrogen-bond donors (Lipinski definition) is 1. The van der Waals surface area contributed by atoms with Crippen LogP contribution in [-0.4, -0.2) is 28.9 Å². The lowest BCUT2D eigenvalue weighted by molar-refractivity contribution is -0.121. The lowest BCUT2D eigenvalue weighted by Gasteiger charge is -2.20. The number of carbonyl (C=O) groups excluding carboxylic acids is 1. The lowest BCUT2D eigenvalue weighted by Crippen LogP contribution is -2.27. The molecule has 2 aromatic heterocycles. The molecule has 1 N–H and O–H groups in total. The van der Waals surface area contributed by atoms with Gasteiger partial charge in [-0.1, -0.05) is 54.6 Å². The Hall–Kier alpha value is -3.60. The van der Waals surface area contributed by atoms with Crippen LogP contribution < -0.4 is 10.1 Å².